The van der Waals surface area contributed by atoms with Gasteiger partial charge in [-0.15, -0.1) is 0 Å². The van der Waals surface area contributed by atoms with Crippen LogP contribution in [0.4, 0.5) is 5.69 Å². The maximum Gasteiger partial charge on any atom is 0.293 e. The first-order valence-electron chi connectivity index (χ1n) is 6.50. The molecule has 20 heavy (non-hydrogen) atoms. The van der Waals surface area contributed by atoms with Crippen LogP contribution in [0, 0.1) is 5.21 Å². The van der Waals surface area contributed by atoms with Gasteiger partial charge in [0.2, 0.25) is 12.3 Å². The molecule has 2 aromatic carbocycles. The zero-order valence-electron chi connectivity index (χ0n) is 11.0. The van der Waals surface area contributed by atoms with E-state index in [1.54, 1.807) is 11.9 Å². The Labute approximate surface area is 116 Å². The molecule has 2 aromatic rings. The van der Waals surface area contributed by atoms with Crippen LogP contribution in [0.5, 0.6) is 0 Å². The highest BCUT2D eigenvalue weighted by Crippen LogP contribution is 2.42. The zero-order valence-corrected chi connectivity index (χ0v) is 11.0. The molecular weight excluding hydrogens is 252 g/mol. The Morgan fingerprint density at radius 2 is 1.75 bits per heavy atom. The Morgan fingerprint density at radius 1 is 1.05 bits per heavy atom. The first-order valence-corrected chi connectivity index (χ1v) is 6.50. The third-order valence-electron chi connectivity index (χ3n) is 4.02. The number of fused-ring (bicyclic) bond motifs is 3. The molecule has 0 atom stereocenters. The lowest BCUT2D eigenvalue weighted by Crippen LogP contribution is -2.31. The molecule has 1 aliphatic carbocycles. The minimum Gasteiger partial charge on any atom is -0.623 e. The minimum absolute atomic E-state index is 0.145. The summed E-state index contributed by atoms with van der Waals surface area (Å²) >= 11 is 0. The van der Waals surface area contributed by atoms with Crippen LogP contribution in [0.15, 0.2) is 42.5 Å². The Morgan fingerprint density at radius 3 is 2.55 bits per heavy atom. The second kappa shape index (κ2) is 3.70. The van der Waals surface area contributed by atoms with Crippen LogP contribution in [0.1, 0.15) is 11.1 Å². The van der Waals surface area contributed by atoms with Crippen molar-refractivity contribution in [3.8, 4) is 11.1 Å². The highest BCUT2D eigenvalue weighted by Gasteiger charge is 2.37. The summed E-state index contributed by atoms with van der Waals surface area (Å²) in [6.07, 6.45) is 0. The molecule has 0 saturated heterocycles. The third kappa shape index (κ3) is 1.25. The topological polar surface area (TPSA) is 46.4 Å². The summed E-state index contributed by atoms with van der Waals surface area (Å²) in [5, 5.41) is 12.4. The monoisotopic (exact) mass is 264 g/mol. The molecule has 1 amide bonds. The lowest BCUT2D eigenvalue weighted by molar-refractivity contribution is -0.443. The van der Waals surface area contributed by atoms with E-state index in [0.29, 0.717) is 5.71 Å². The Bertz CT molecular complexity index is 793. The van der Waals surface area contributed by atoms with Gasteiger partial charge in [-0.3, -0.25) is 4.79 Å². The summed E-state index contributed by atoms with van der Waals surface area (Å²) in [5.74, 6) is -0.187. The molecule has 0 saturated carbocycles. The molecule has 4 nitrogen and oxygen atoms in total. The molecule has 0 aromatic heterocycles. The number of hydroxylamine groups is 1. The Hall–Kier alpha value is -2.62. The van der Waals surface area contributed by atoms with Crippen molar-refractivity contribution < 1.29 is 9.53 Å². The van der Waals surface area contributed by atoms with Crippen LogP contribution in [0.2, 0.25) is 0 Å². The maximum atomic E-state index is 12.4. The van der Waals surface area contributed by atoms with Gasteiger partial charge in [0.25, 0.3) is 5.91 Å². The Balaban J connectivity index is 2.17. The first-order chi connectivity index (χ1) is 9.68. The fourth-order valence-corrected chi connectivity index (χ4v) is 3.05. The smallest absolute Gasteiger partial charge is 0.293 e. The van der Waals surface area contributed by atoms with Crippen molar-refractivity contribution in [2.24, 2.45) is 0 Å². The summed E-state index contributed by atoms with van der Waals surface area (Å²) in [7, 11) is 1.72. The summed E-state index contributed by atoms with van der Waals surface area (Å²) in [6.45, 7) is -0.145. The molecule has 0 unspecified atom stereocenters. The number of nitrogens with zero attached hydrogens (tertiary/aromatic N) is 2. The van der Waals surface area contributed by atoms with Gasteiger partial charge in [-0.2, -0.15) is 4.74 Å². The number of carbonyl (C=O) groups is 1. The van der Waals surface area contributed by atoms with Crippen molar-refractivity contribution in [1.82, 2.24) is 0 Å². The van der Waals surface area contributed by atoms with Gasteiger partial charge >= 0.3 is 0 Å². The summed E-state index contributed by atoms with van der Waals surface area (Å²) < 4.78 is 0.819. The predicted molar refractivity (Wildman–Crippen MR) is 77.0 cm³/mol. The van der Waals surface area contributed by atoms with E-state index in [-0.39, 0.29) is 12.5 Å². The van der Waals surface area contributed by atoms with E-state index in [1.807, 2.05) is 42.5 Å². The Kier molecular flexibility index (Phi) is 2.07. The summed E-state index contributed by atoms with van der Waals surface area (Å²) in [6, 6.07) is 13.7. The number of anilines is 1. The fourth-order valence-electron chi connectivity index (χ4n) is 3.05. The van der Waals surface area contributed by atoms with Crippen molar-refractivity contribution in [3.63, 3.8) is 0 Å². The van der Waals surface area contributed by atoms with Gasteiger partial charge in [-0.25, -0.2) is 0 Å². The van der Waals surface area contributed by atoms with Crippen molar-refractivity contribution >= 4 is 17.3 Å². The van der Waals surface area contributed by atoms with Crippen LogP contribution in [0.25, 0.3) is 11.1 Å². The molecule has 4 heteroatoms. The average Bonchev–Trinajstić information content (AvgIpc) is 2.76. The van der Waals surface area contributed by atoms with Gasteiger partial charge < -0.3 is 10.1 Å². The lowest BCUT2D eigenvalue weighted by atomic mass is 10.0. The number of likely N-dealkylation sites (N-methyl/N-ethyl adjacent to an activating group) is 1. The van der Waals surface area contributed by atoms with E-state index in [9.17, 15) is 10.0 Å². The van der Waals surface area contributed by atoms with Crippen molar-refractivity contribution in [1.29, 1.82) is 0 Å². The molecular formula is C16H12N2O2. The van der Waals surface area contributed by atoms with Gasteiger partial charge in [0, 0.05) is 7.05 Å². The van der Waals surface area contributed by atoms with E-state index in [1.165, 1.54) is 0 Å². The van der Waals surface area contributed by atoms with Crippen molar-refractivity contribution in [2.75, 3.05) is 18.5 Å². The average molecular weight is 264 g/mol. The third-order valence-corrected chi connectivity index (χ3v) is 4.02. The quantitative estimate of drug-likeness (QED) is 0.460. The second-order valence-corrected chi connectivity index (χ2v) is 5.08. The van der Waals surface area contributed by atoms with E-state index < -0.39 is 0 Å². The first kappa shape index (κ1) is 11.2. The van der Waals surface area contributed by atoms with Crippen molar-refractivity contribution in [2.45, 2.75) is 0 Å². The molecule has 2 aliphatic rings. The SMILES string of the molecule is CN1C(=O)C[N+]([O-])=C2c3ccccc3-c3cccc1c32. The van der Waals surface area contributed by atoms with E-state index in [0.717, 1.165) is 32.7 Å². The van der Waals surface area contributed by atoms with E-state index in [2.05, 4.69) is 0 Å². The number of rotatable bonds is 0. The van der Waals surface area contributed by atoms with E-state index >= 15 is 0 Å². The van der Waals surface area contributed by atoms with Crippen LogP contribution < -0.4 is 4.90 Å². The molecule has 0 bridgehead atoms. The molecule has 0 fully saturated rings. The van der Waals surface area contributed by atoms with Gasteiger partial charge in [0.15, 0.2) is 0 Å². The largest absolute Gasteiger partial charge is 0.623 e. The molecule has 0 spiro atoms. The number of hydrogen-bond acceptors (Lipinski definition) is 2. The van der Waals surface area contributed by atoms with Gasteiger partial charge in [0.1, 0.15) is 0 Å². The highest BCUT2D eigenvalue weighted by molar-refractivity contribution is 6.26. The van der Waals surface area contributed by atoms with Gasteiger partial charge in [0.05, 0.1) is 16.8 Å². The van der Waals surface area contributed by atoms with Crippen LogP contribution >= 0.6 is 0 Å². The standard InChI is InChI=1S/C16H12N2O2/c1-17-13-8-4-7-11-10-5-2-3-6-12(10)16(15(11)13)18(20)9-14(17)19/h2-8H,9H2,1H3. The second-order valence-electron chi connectivity index (χ2n) is 5.08. The lowest BCUT2D eigenvalue weighted by Gasteiger charge is -2.15. The molecule has 0 N–H and O–H groups in total. The van der Waals surface area contributed by atoms with Crippen LogP contribution in [-0.2, 0) is 4.79 Å². The number of benzene rings is 2. The molecule has 1 aliphatic heterocycles. The van der Waals surface area contributed by atoms with Crippen molar-refractivity contribution in [3.05, 3.63) is 58.8 Å². The number of hydrogen-bond donors (Lipinski definition) is 0. The fraction of sp³-hybridized carbons (Fsp3) is 0.125. The molecule has 1 heterocycles. The highest BCUT2D eigenvalue weighted by atomic mass is 16.5. The summed E-state index contributed by atoms with van der Waals surface area (Å²) in [4.78, 5) is 13.6. The van der Waals surface area contributed by atoms with Gasteiger partial charge in [-0.05, 0) is 23.3 Å². The normalized spacial score (nSPS) is 16.1. The maximum absolute atomic E-state index is 12.4. The predicted octanol–water partition coefficient (Wildman–Crippen LogP) is 1.99. The van der Waals surface area contributed by atoms with Crippen LogP contribution in [-0.4, -0.2) is 30.0 Å². The molecule has 0 radical (unpaired) electrons. The van der Waals surface area contributed by atoms with Gasteiger partial charge in [-0.1, -0.05) is 30.3 Å². The summed E-state index contributed by atoms with van der Waals surface area (Å²) in [5.41, 5.74) is 5.28. The van der Waals surface area contributed by atoms with Crippen LogP contribution in [0.3, 0.4) is 0 Å². The number of amides is 1. The number of carbonyl (C=O) groups excluding carboxylic acids is 1. The molecule has 4 rings (SSSR count). The van der Waals surface area contributed by atoms with E-state index in [4.69, 9.17) is 0 Å². The minimum atomic E-state index is -0.187. The zero-order chi connectivity index (χ0) is 13.9. The molecule has 98 valence electrons.